The lowest BCUT2D eigenvalue weighted by Crippen LogP contribution is -2.06. The van der Waals surface area contributed by atoms with Gasteiger partial charge >= 0.3 is 0 Å². The minimum atomic E-state index is 0.0958. The predicted molar refractivity (Wildman–Crippen MR) is 83.1 cm³/mol. The van der Waals surface area contributed by atoms with E-state index in [2.05, 4.69) is 6.92 Å². The largest absolute Gasteiger partial charge is 0.494 e. The highest BCUT2D eigenvalue weighted by Gasteiger charge is 2.05. The predicted octanol–water partition coefficient (Wildman–Crippen LogP) is 4.13. The summed E-state index contributed by atoms with van der Waals surface area (Å²) < 4.78 is 11.1. The van der Waals surface area contributed by atoms with Crippen molar-refractivity contribution in [3.63, 3.8) is 0 Å². The molecule has 0 atom stereocenters. The molecule has 3 heteroatoms. The van der Waals surface area contributed by atoms with Gasteiger partial charge in [-0.2, -0.15) is 0 Å². The standard InChI is InChI=1S/C18H20O3/c1-2-13-20-16-8-10-17(11-9-16)21-14-12-18(19)15-6-4-3-5-7-15/h3-11H,2,12-14H2,1H3. The molecule has 3 nitrogen and oxygen atoms in total. The number of ether oxygens (including phenoxy) is 2. The van der Waals surface area contributed by atoms with Crippen molar-refractivity contribution >= 4 is 5.78 Å². The van der Waals surface area contributed by atoms with Gasteiger partial charge in [-0.15, -0.1) is 0 Å². The van der Waals surface area contributed by atoms with Crippen molar-refractivity contribution in [3.05, 3.63) is 60.2 Å². The van der Waals surface area contributed by atoms with Crippen LogP contribution in [0.2, 0.25) is 0 Å². The van der Waals surface area contributed by atoms with E-state index in [9.17, 15) is 4.79 Å². The Bertz CT molecular complexity index is 546. The first-order valence-electron chi connectivity index (χ1n) is 7.23. The van der Waals surface area contributed by atoms with E-state index in [1.807, 2.05) is 54.6 Å². The van der Waals surface area contributed by atoms with Crippen LogP contribution in [0.5, 0.6) is 11.5 Å². The van der Waals surface area contributed by atoms with Crippen LogP contribution in [0, 0.1) is 0 Å². The summed E-state index contributed by atoms with van der Waals surface area (Å²) in [5.74, 6) is 1.68. The zero-order valence-corrected chi connectivity index (χ0v) is 12.2. The highest BCUT2D eigenvalue weighted by molar-refractivity contribution is 5.96. The molecule has 0 bridgehead atoms. The number of hydrogen-bond acceptors (Lipinski definition) is 3. The minimum Gasteiger partial charge on any atom is -0.494 e. The quantitative estimate of drug-likeness (QED) is 0.684. The molecule has 0 N–H and O–H groups in total. The number of benzene rings is 2. The molecular formula is C18H20O3. The van der Waals surface area contributed by atoms with E-state index in [0.29, 0.717) is 19.6 Å². The summed E-state index contributed by atoms with van der Waals surface area (Å²) >= 11 is 0. The van der Waals surface area contributed by atoms with Crippen LogP contribution in [0.1, 0.15) is 30.1 Å². The summed E-state index contributed by atoms with van der Waals surface area (Å²) in [5.41, 5.74) is 0.726. The van der Waals surface area contributed by atoms with E-state index < -0.39 is 0 Å². The molecule has 0 saturated heterocycles. The number of ketones is 1. The van der Waals surface area contributed by atoms with Crippen molar-refractivity contribution in [1.29, 1.82) is 0 Å². The van der Waals surface area contributed by atoms with Gasteiger partial charge in [0.05, 0.1) is 13.2 Å². The van der Waals surface area contributed by atoms with E-state index in [-0.39, 0.29) is 5.78 Å². The summed E-state index contributed by atoms with van der Waals surface area (Å²) in [5, 5.41) is 0. The molecule has 0 aromatic heterocycles. The molecule has 0 spiro atoms. The molecule has 2 aromatic carbocycles. The molecule has 0 heterocycles. The number of rotatable bonds is 8. The average Bonchev–Trinajstić information content (AvgIpc) is 2.55. The highest BCUT2D eigenvalue weighted by Crippen LogP contribution is 2.18. The molecule has 0 radical (unpaired) electrons. The maximum absolute atomic E-state index is 11.9. The van der Waals surface area contributed by atoms with E-state index in [0.717, 1.165) is 23.5 Å². The van der Waals surface area contributed by atoms with Gasteiger partial charge in [-0.05, 0) is 30.7 Å². The van der Waals surface area contributed by atoms with Crippen LogP contribution < -0.4 is 9.47 Å². The SMILES string of the molecule is CCCOc1ccc(OCCC(=O)c2ccccc2)cc1. The third-order valence-corrected chi connectivity index (χ3v) is 2.99. The van der Waals surface area contributed by atoms with Crippen LogP contribution in [0.25, 0.3) is 0 Å². The minimum absolute atomic E-state index is 0.0958. The summed E-state index contributed by atoms with van der Waals surface area (Å²) in [6, 6.07) is 16.7. The van der Waals surface area contributed by atoms with E-state index in [1.54, 1.807) is 0 Å². The average molecular weight is 284 g/mol. The van der Waals surface area contributed by atoms with E-state index in [4.69, 9.17) is 9.47 Å². The van der Waals surface area contributed by atoms with Crippen molar-refractivity contribution < 1.29 is 14.3 Å². The van der Waals surface area contributed by atoms with Crippen LogP contribution in [0.15, 0.2) is 54.6 Å². The molecule has 0 unspecified atom stereocenters. The topological polar surface area (TPSA) is 35.5 Å². The molecule has 0 aliphatic carbocycles. The number of hydrogen-bond donors (Lipinski definition) is 0. The molecule has 0 amide bonds. The Labute approximate surface area is 125 Å². The maximum Gasteiger partial charge on any atom is 0.166 e. The fraction of sp³-hybridized carbons (Fsp3) is 0.278. The second-order valence-corrected chi connectivity index (χ2v) is 4.71. The maximum atomic E-state index is 11.9. The van der Waals surface area contributed by atoms with E-state index >= 15 is 0 Å². The van der Waals surface area contributed by atoms with Gasteiger partial charge in [-0.3, -0.25) is 4.79 Å². The van der Waals surface area contributed by atoms with Crippen molar-refractivity contribution in [2.24, 2.45) is 0 Å². The molecule has 0 saturated carbocycles. The van der Waals surface area contributed by atoms with Crippen LogP contribution in [0.4, 0.5) is 0 Å². The lowest BCUT2D eigenvalue weighted by atomic mass is 10.1. The summed E-state index contributed by atoms with van der Waals surface area (Å²) in [4.78, 5) is 11.9. The lowest BCUT2D eigenvalue weighted by Gasteiger charge is -2.08. The summed E-state index contributed by atoms with van der Waals surface area (Å²) in [6.07, 6.45) is 1.36. The zero-order chi connectivity index (χ0) is 14.9. The van der Waals surface area contributed by atoms with Crippen molar-refractivity contribution in [2.75, 3.05) is 13.2 Å². The molecule has 110 valence electrons. The molecular weight excluding hydrogens is 264 g/mol. The van der Waals surface area contributed by atoms with Gasteiger partial charge in [0, 0.05) is 12.0 Å². The Kier molecular flexibility index (Phi) is 5.83. The normalized spacial score (nSPS) is 10.1. The van der Waals surface area contributed by atoms with Gasteiger partial charge in [0.2, 0.25) is 0 Å². The Hall–Kier alpha value is -2.29. The van der Waals surface area contributed by atoms with Gasteiger partial charge in [0.1, 0.15) is 11.5 Å². The van der Waals surface area contributed by atoms with Crippen molar-refractivity contribution in [3.8, 4) is 11.5 Å². The van der Waals surface area contributed by atoms with Crippen LogP contribution >= 0.6 is 0 Å². The third-order valence-electron chi connectivity index (χ3n) is 2.99. The molecule has 2 aromatic rings. The first-order valence-corrected chi connectivity index (χ1v) is 7.23. The molecule has 0 aliphatic rings. The Morgan fingerprint density at radius 3 is 2.00 bits per heavy atom. The molecule has 2 rings (SSSR count). The summed E-state index contributed by atoms with van der Waals surface area (Å²) in [6.45, 7) is 3.16. The molecule has 0 aliphatic heterocycles. The number of Topliss-reactive ketones (excluding diaryl/α,β-unsaturated/α-hetero) is 1. The third kappa shape index (κ3) is 4.95. The molecule has 21 heavy (non-hydrogen) atoms. The first-order chi connectivity index (χ1) is 10.3. The van der Waals surface area contributed by atoms with Crippen LogP contribution in [0.3, 0.4) is 0 Å². The highest BCUT2D eigenvalue weighted by atomic mass is 16.5. The Morgan fingerprint density at radius 2 is 1.43 bits per heavy atom. The van der Waals surface area contributed by atoms with Gasteiger partial charge in [0.25, 0.3) is 0 Å². The second kappa shape index (κ2) is 8.10. The zero-order valence-electron chi connectivity index (χ0n) is 12.2. The van der Waals surface area contributed by atoms with Crippen LogP contribution in [-0.4, -0.2) is 19.0 Å². The first kappa shape index (κ1) is 15.1. The van der Waals surface area contributed by atoms with Crippen molar-refractivity contribution in [1.82, 2.24) is 0 Å². The van der Waals surface area contributed by atoms with Crippen LogP contribution in [-0.2, 0) is 0 Å². The number of carbonyl (C=O) groups is 1. The van der Waals surface area contributed by atoms with Gasteiger partial charge < -0.3 is 9.47 Å². The van der Waals surface area contributed by atoms with Gasteiger partial charge in [-0.1, -0.05) is 37.3 Å². The lowest BCUT2D eigenvalue weighted by molar-refractivity contribution is 0.0962. The van der Waals surface area contributed by atoms with Crippen molar-refractivity contribution in [2.45, 2.75) is 19.8 Å². The fourth-order valence-electron chi connectivity index (χ4n) is 1.88. The Morgan fingerprint density at radius 1 is 0.857 bits per heavy atom. The smallest absolute Gasteiger partial charge is 0.166 e. The monoisotopic (exact) mass is 284 g/mol. The molecule has 0 fully saturated rings. The van der Waals surface area contributed by atoms with E-state index in [1.165, 1.54) is 0 Å². The number of carbonyl (C=O) groups excluding carboxylic acids is 1. The summed E-state index contributed by atoms with van der Waals surface area (Å²) in [7, 11) is 0. The van der Waals surface area contributed by atoms with Gasteiger partial charge in [0.15, 0.2) is 5.78 Å². The Balaban J connectivity index is 1.77. The second-order valence-electron chi connectivity index (χ2n) is 4.71. The fourth-order valence-corrected chi connectivity index (χ4v) is 1.88. The van der Waals surface area contributed by atoms with Gasteiger partial charge in [-0.25, -0.2) is 0 Å².